The highest BCUT2D eigenvalue weighted by atomic mass is 19.1. The topological polar surface area (TPSA) is 29.1 Å². The summed E-state index contributed by atoms with van der Waals surface area (Å²) in [7, 11) is 0. The van der Waals surface area contributed by atoms with E-state index in [0.717, 1.165) is 18.2 Å². The van der Waals surface area contributed by atoms with Crippen LogP contribution in [0.1, 0.15) is 11.1 Å². The molecule has 3 rings (SSSR count). The third-order valence-electron chi connectivity index (χ3n) is 3.02. The molecular weight excluding hydrogens is 267 g/mol. The summed E-state index contributed by atoms with van der Waals surface area (Å²) >= 11 is 0. The molecule has 2 aromatic rings. The van der Waals surface area contributed by atoms with Gasteiger partial charge in [-0.3, -0.25) is 4.79 Å². The predicted molar refractivity (Wildman–Crippen MR) is 69.3 cm³/mol. The van der Waals surface area contributed by atoms with Gasteiger partial charge in [-0.1, -0.05) is 0 Å². The third kappa shape index (κ3) is 2.07. The summed E-state index contributed by atoms with van der Waals surface area (Å²) in [5.74, 6) is -2.20. The molecule has 1 heterocycles. The Bertz CT molecular complexity index is 753. The van der Waals surface area contributed by atoms with Crippen LogP contribution in [0.3, 0.4) is 0 Å². The summed E-state index contributed by atoms with van der Waals surface area (Å²) in [6.45, 7) is 0. The van der Waals surface area contributed by atoms with Crippen molar-refractivity contribution in [3.8, 4) is 0 Å². The highest BCUT2D eigenvalue weighted by molar-refractivity contribution is 6.34. The number of rotatable bonds is 1. The zero-order valence-corrected chi connectivity index (χ0v) is 10.1. The van der Waals surface area contributed by atoms with Gasteiger partial charge in [-0.2, -0.15) is 0 Å². The molecule has 0 radical (unpaired) electrons. The maximum atomic E-state index is 13.6. The molecule has 1 amide bonds. The van der Waals surface area contributed by atoms with Crippen molar-refractivity contribution in [2.24, 2.45) is 0 Å². The van der Waals surface area contributed by atoms with Crippen molar-refractivity contribution in [3.05, 3.63) is 65.0 Å². The molecule has 2 nitrogen and oxygen atoms in total. The molecule has 0 saturated carbocycles. The van der Waals surface area contributed by atoms with Crippen molar-refractivity contribution in [1.29, 1.82) is 0 Å². The van der Waals surface area contributed by atoms with Crippen LogP contribution < -0.4 is 5.32 Å². The van der Waals surface area contributed by atoms with Crippen LogP contribution in [0.25, 0.3) is 11.6 Å². The fourth-order valence-electron chi connectivity index (χ4n) is 2.09. The number of carbonyl (C=O) groups is 1. The minimum Gasteiger partial charge on any atom is -0.321 e. The summed E-state index contributed by atoms with van der Waals surface area (Å²) in [5, 5.41) is 2.48. The molecular formula is C15H8F3NO. The second-order valence-corrected chi connectivity index (χ2v) is 4.37. The van der Waals surface area contributed by atoms with Crippen LogP contribution in [0.4, 0.5) is 18.9 Å². The Morgan fingerprint density at radius 3 is 2.45 bits per heavy atom. The van der Waals surface area contributed by atoms with Crippen LogP contribution in [0.2, 0.25) is 0 Å². The molecule has 1 aliphatic rings. The van der Waals surface area contributed by atoms with Crippen LogP contribution in [-0.4, -0.2) is 5.91 Å². The first-order valence-electron chi connectivity index (χ1n) is 5.82. The number of halogens is 3. The Kier molecular flexibility index (Phi) is 2.82. The molecule has 20 heavy (non-hydrogen) atoms. The highest BCUT2D eigenvalue weighted by Gasteiger charge is 2.24. The first-order chi connectivity index (χ1) is 9.54. The number of fused-ring (bicyclic) bond motifs is 1. The van der Waals surface area contributed by atoms with E-state index in [-0.39, 0.29) is 11.1 Å². The van der Waals surface area contributed by atoms with Crippen molar-refractivity contribution < 1.29 is 18.0 Å². The minimum atomic E-state index is -0.637. The van der Waals surface area contributed by atoms with E-state index in [1.54, 1.807) is 0 Å². The number of hydrogen-bond donors (Lipinski definition) is 1. The molecule has 0 aliphatic carbocycles. The van der Waals surface area contributed by atoms with E-state index in [2.05, 4.69) is 5.32 Å². The predicted octanol–water partition coefficient (Wildman–Crippen LogP) is 3.60. The van der Waals surface area contributed by atoms with E-state index >= 15 is 0 Å². The van der Waals surface area contributed by atoms with E-state index in [1.807, 2.05) is 0 Å². The number of hydrogen-bond acceptors (Lipinski definition) is 1. The fourth-order valence-corrected chi connectivity index (χ4v) is 2.09. The standard InChI is InChI=1S/C15H8F3NO/c16-9-2-4-13(18)8(5-9)6-12-11-3-1-10(17)7-14(11)19-15(12)20/h1-7H,(H,19,20). The highest BCUT2D eigenvalue weighted by Crippen LogP contribution is 2.33. The van der Waals surface area contributed by atoms with E-state index in [9.17, 15) is 18.0 Å². The van der Waals surface area contributed by atoms with Gasteiger partial charge < -0.3 is 5.32 Å². The summed E-state index contributed by atoms with van der Waals surface area (Å²) in [5.41, 5.74) is 0.912. The van der Waals surface area contributed by atoms with Crippen molar-refractivity contribution >= 4 is 23.2 Å². The van der Waals surface area contributed by atoms with Crippen LogP contribution in [0.15, 0.2) is 36.4 Å². The van der Waals surface area contributed by atoms with E-state index in [4.69, 9.17) is 0 Å². The monoisotopic (exact) mass is 275 g/mol. The summed E-state index contributed by atoms with van der Waals surface area (Å²) in [6, 6.07) is 6.78. The summed E-state index contributed by atoms with van der Waals surface area (Å²) in [4.78, 5) is 11.8. The average Bonchev–Trinajstić information content (AvgIpc) is 2.69. The van der Waals surface area contributed by atoms with Gasteiger partial charge >= 0.3 is 0 Å². The Morgan fingerprint density at radius 1 is 0.950 bits per heavy atom. The van der Waals surface area contributed by atoms with Crippen molar-refractivity contribution in [1.82, 2.24) is 0 Å². The lowest BCUT2D eigenvalue weighted by atomic mass is 10.0. The largest absolute Gasteiger partial charge is 0.321 e. The van der Waals surface area contributed by atoms with Gasteiger partial charge in [0.25, 0.3) is 5.91 Å². The number of amides is 1. The van der Waals surface area contributed by atoms with Crippen LogP contribution in [-0.2, 0) is 4.79 Å². The molecule has 2 aromatic carbocycles. The van der Waals surface area contributed by atoms with Crippen LogP contribution >= 0.6 is 0 Å². The average molecular weight is 275 g/mol. The number of benzene rings is 2. The van der Waals surface area contributed by atoms with Gasteiger partial charge in [0.1, 0.15) is 17.5 Å². The molecule has 100 valence electrons. The Balaban J connectivity index is 2.13. The summed E-state index contributed by atoms with van der Waals surface area (Å²) in [6.07, 6.45) is 1.25. The Hall–Kier alpha value is -2.56. The lowest BCUT2D eigenvalue weighted by Gasteiger charge is -2.00. The van der Waals surface area contributed by atoms with Gasteiger partial charge in [0.15, 0.2) is 0 Å². The Morgan fingerprint density at radius 2 is 1.65 bits per heavy atom. The van der Waals surface area contributed by atoms with E-state index < -0.39 is 23.4 Å². The molecule has 0 fully saturated rings. The van der Waals surface area contributed by atoms with Gasteiger partial charge in [0, 0.05) is 16.7 Å². The second kappa shape index (κ2) is 4.52. The third-order valence-corrected chi connectivity index (χ3v) is 3.02. The first-order valence-corrected chi connectivity index (χ1v) is 5.82. The molecule has 1 aliphatic heterocycles. The fraction of sp³-hybridized carbons (Fsp3) is 0. The minimum absolute atomic E-state index is 0.0349. The van der Waals surface area contributed by atoms with Crippen molar-refractivity contribution in [2.75, 3.05) is 5.32 Å². The molecule has 0 aromatic heterocycles. The lowest BCUT2D eigenvalue weighted by Crippen LogP contribution is -2.03. The van der Waals surface area contributed by atoms with Crippen LogP contribution in [0.5, 0.6) is 0 Å². The first kappa shape index (κ1) is 12.5. The molecule has 1 N–H and O–H groups in total. The number of nitrogens with one attached hydrogen (secondary N) is 1. The zero-order chi connectivity index (χ0) is 14.3. The molecule has 0 unspecified atom stereocenters. The van der Waals surface area contributed by atoms with Crippen molar-refractivity contribution in [2.45, 2.75) is 0 Å². The zero-order valence-electron chi connectivity index (χ0n) is 10.1. The normalized spacial score (nSPS) is 15.3. The number of anilines is 1. The van der Waals surface area contributed by atoms with Gasteiger partial charge in [-0.25, -0.2) is 13.2 Å². The molecule has 0 atom stereocenters. The van der Waals surface area contributed by atoms with Gasteiger partial charge in [0.05, 0.1) is 5.69 Å². The Labute approximate surface area is 112 Å². The van der Waals surface area contributed by atoms with Crippen LogP contribution in [0, 0.1) is 17.5 Å². The van der Waals surface area contributed by atoms with Gasteiger partial charge in [0.2, 0.25) is 0 Å². The molecule has 0 spiro atoms. The SMILES string of the molecule is O=C1Nc2cc(F)ccc2C1=Cc1cc(F)ccc1F. The van der Waals surface area contributed by atoms with Crippen molar-refractivity contribution in [3.63, 3.8) is 0 Å². The number of carbonyl (C=O) groups excluding carboxylic acids is 1. The molecule has 5 heteroatoms. The maximum absolute atomic E-state index is 13.6. The molecule has 0 bridgehead atoms. The summed E-state index contributed by atoms with van der Waals surface area (Å²) < 4.78 is 39.8. The second-order valence-electron chi connectivity index (χ2n) is 4.37. The maximum Gasteiger partial charge on any atom is 0.256 e. The van der Waals surface area contributed by atoms with Gasteiger partial charge in [-0.05, 0) is 42.5 Å². The lowest BCUT2D eigenvalue weighted by molar-refractivity contribution is -0.110. The smallest absolute Gasteiger partial charge is 0.256 e. The van der Waals surface area contributed by atoms with E-state index in [1.165, 1.54) is 24.3 Å². The molecule has 0 saturated heterocycles. The van der Waals surface area contributed by atoms with Gasteiger partial charge in [-0.15, -0.1) is 0 Å². The van der Waals surface area contributed by atoms with E-state index in [0.29, 0.717) is 11.3 Å². The quantitative estimate of drug-likeness (QED) is 0.792.